The number of carbonyl (C=O) groups excluding carboxylic acids is 1. The Hall–Kier alpha value is -1.68. The van der Waals surface area contributed by atoms with E-state index in [-0.39, 0.29) is 30.1 Å². The SMILES string of the molecule is CCCCCCC1=NCCC(O[C@H]2CCCNC2)C1NC(=O)C(C1=C(\CC)C(CC)CCC(F)/C=N\1)C(N)N. The minimum Gasteiger partial charge on any atom is -0.371 e. The number of allylic oxidation sites excluding steroid dienone is 1. The van der Waals surface area contributed by atoms with Gasteiger partial charge in [-0.25, -0.2) is 4.39 Å². The fourth-order valence-electron chi connectivity index (χ4n) is 6.28. The summed E-state index contributed by atoms with van der Waals surface area (Å²) >= 11 is 0. The Morgan fingerprint density at radius 2 is 2.00 bits per heavy atom. The van der Waals surface area contributed by atoms with Crippen LogP contribution in [0.5, 0.6) is 0 Å². The molecule has 6 atom stereocenters. The Morgan fingerprint density at radius 1 is 1.18 bits per heavy atom. The highest BCUT2D eigenvalue weighted by molar-refractivity contribution is 5.95. The third-order valence-electron chi connectivity index (χ3n) is 8.49. The van der Waals surface area contributed by atoms with E-state index < -0.39 is 18.3 Å². The van der Waals surface area contributed by atoms with Gasteiger partial charge in [0.25, 0.3) is 0 Å². The van der Waals surface area contributed by atoms with Crippen LogP contribution in [-0.4, -0.2) is 68.1 Å². The summed E-state index contributed by atoms with van der Waals surface area (Å²) in [5.74, 6) is -1.01. The quantitative estimate of drug-likeness (QED) is 0.203. The molecule has 0 radical (unpaired) electrons. The van der Waals surface area contributed by atoms with Crippen LogP contribution in [0, 0.1) is 11.8 Å². The van der Waals surface area contributed by atoms with Gasteiger partial charge < -0.3 is 26.8 Å². The number of halogens is 1. The molecule has 3 aliphatic heterocycles. The summed E-state index contributed by atoms with van der Waals surface area (Å²) in [6, 6.07) is -0.338. The monoisotopic (exact) mass is 548 g/mol. The highest BCUT2D eigenvalue weighted by Gasteiger charge is 2.38. The predicted octanol–water partition coefficient (Wildman–Crippen LogP) is 4.18. The number of ether oxygens (including phenoxy) is 1. The first-order valence-corrected chi connectivity index (χ1v) is 15.5. The van der Waals surface area contributed by atoms with Crippen molar-refractivity contribution in [2.75, 3.05) is 19.6 Å². The van der Waals surface area contributed by atoms with Crippen LogP contribution in [0.25, 0.3) is 0 Å². The third-order valence-corrected chi connectivity index (χ3v) is 8.49. The molecule has 222 valence electrons. The summed E-state index contributed by atoms with van der Waals surface area (Å²) in [6.07, 6.45) is 10.1. The van der Waals surface area contributed by atoms with Crippen LogP contribution >= 0.6 is 0 Å². The Kier molecular flexibility index (Phi) is 13.5. The number of nitrogens with two attached hydrogens (primary N) is 2. The van der Waals surface area contributed by atoms with Gasteiger partial charge in [0.2, 0.25) is 5.91 Å². The van der Waals surface area contributed by atoms with Crippen LogP contribution in [0.2, 0.25) is 0 Å². The molecular weight excluding hydrogens is 495 g/mol. The van der Waals surface area contributed by atoms with E-state index in [2.05, 4.69) is 36.4 Å². The molecule has 3 heterocycles. The molecule has 0 spiro atoms. The molecule has 0 aromatic rings. The van der Waals surface area contributed by atoms with Crippen LogP contribution in [0.15, 0.2) is 21.3 Å². The van der Waals surface area contributed by atoms with Gasteiger partial charge in [0.1, 0.15) is 12.1 Å². The molecular formula is C30H53FN6O2. The van der Waals surface area contributed by atoms with Crippen molar-refractivity contribution in [3.63, 3.8) is 0 Å². The largest absolute Gasteiger partial charge is 0.371 e. The maximum absolute atomic E-state index is 14.5. The zero-order valence-corrected chi connectivity index (χ0v) is 24.5. The maximum atomic E-state index is 14.5. The van der Waals surface area contributed by atoms with E-state index in [4.69, 9.17) is 21.2 Å². The maximum Gasteiger partial charge on any atom is 0.232 e. The molecule has 1 fully saturated rings. The molecule has 0 saturated carbocycles. The smallest absolute Gasteiger partial charge is 0.232 e. The van der Waals surface area contributed by atoms with E-state index in [1.54, 1.807) is 0 Å². The van der Waals surface area contributed by atoms with Crippen molar-refractivity contribution in [2.45, 2.75) is 128 Å². The Bertz CT molecular complexity index is 854. The van der Waals surface area contributed by atoms with Gasteiger partial charge in [-0.3, -0.25) is 14.8 Å². The standard InChI is InChI=1S/C30H53FN6O2/c1-4-7-8-9-12-24-28(25(15-17-35-24)39-22-11-10-16-34-19-22)37-30(38)26(29(32)33)27-23(6-3)20(5-2)13-14-21(31)18-36-27/h18,20-22,25-26,28-29,34H,4-17,19,32-33H2,1-3H3,(H,37,38)/b27-23-,36-18-/t20?,21?,22-,25?,26?,28?/m0/s1. The highest BCUT2D eigenvalue weighted by Crippen LogP contribution is 2.33. The van der Waals surface area contributed by atoms with Gasteiger partial charge in [-0.05, 0) is 75.8 Å². The summed E-state index contributed by atoms with van der Waals surface area (Å²) in [5, 5.41) is 6.70. The van der Waals surface area contributed by atoms with E-state index >= 15 is 0 Å². The van der Waals surface area contributed by atoms with Crippen molar-refractivity contribution >= 4 is 17.8 Å². The molecule has 39 heavy (non-hydrogen) atoms. The summed E-state index contributed by atoms with van der Waals surface area (Å²) in [4.78, 5) is 23.5. The summed E-state index contributed by atoms with van der Waals surface area (Å²) in [7, 11) is 0. The van der Waals surface area contributed by atoms with Gasteiger partial charge in [0, 0.05) is 25.0 Å². The molecule has 3 rings (SSSR count). The normalized spacial score (nSPS) is 31.8. The molecule has 1 saturated heterocycles. The van der Waals surface area contributed by atoms with Gasteiger partial charge in [-0.15, -0.1) is 0 Å². The molecule has 9 heteroatoms. The second-order valence-electron chi connectivity index (χ2n) is 11.4. The number of piperidine rings is 1. The Morgan fingerprint density at radius 3 is 2.67 bits per heavy atom. The second kappa shape index (κ2) is 16.6. The first-order valence-electron chi connectivity index (χ1n) is 15.5. The number of hydrogen-bond donors (Lipinski definition) is 4. The number of rotatable bonds is 13. The third kappa shape index (κ3) is 9.17. The molecule has 5 unspecified atom stereocenters. The summed E-state index contributed by atoms with van der Waals surface area (Å²) < 4.78 is 21.1. The fourth-order valence-corrected chi connectivity index (χ4v) is 6.28. The number of carbonyl (C=O) groups is 1. The van der Waals surface area contributed by atoms with Crippen molar-refractivity contribution in [2.24, 2.45) is 33.3 Å². The lowest BCUT2D eigenvalue weighted by atomic mass is 9.83. The zero-order chi connectivity index (χ0) is 28.2. The Labute approximate surface area is 235 Å². The van der Waals surface area contributed by atoms with E-state index in [9.17, 15) is 9.18 Å². The lowest BCUT2D eigenvalue weighted by Crippen LogP contribution is -2.57. The second-order valence-corrected chi connectivity index (χ2v) is 11.4. The number of aliphatic imine (C=N–C) groups is 2. The molecule has 8 nitrogen and oxygen atoms in total. The molecule has 0 aromatic heterocycles. The molecule has 6 N–H and O–H groups in total. The van der Waals surface area contributed by atoms with Crippen LogP contribution in [0.3, 0.4) is 0 Å². The number of unbranched alkanes of at least 4 members (excludes halogenated alkanes) is 3. The first kappa shape index (κ1) is 31.8. The molecule has 3 aliphatic rings. The Balaban J connectivity index is 1.89. The van der Waals surface area contributed by atoms with Gasteiger partial charge >= 0.3 is 0 Å². The van der Waals surface area contributed by atoms with E-state index in [0.29, 0.717) is 31.5 Å². The first-order chi connectivity index (χ1) is 18.9. The van der Waals surface area contributed by atoms with Crippen molar-refractivity contribution in [3.8, 4) is 0 Å². The number of hydrogen-bond acceptors (Lipinski definition) is 7. The van der Waals surface area contributed by atoms with Crippen LogP contribution in [-0.2, 0) is 9.53 Å². The van der Waals surface area contributed by atoms with Crippen molar-refractivity contribution in [1.29, 1.82) is 0 Å². The topological polar surface area (TPSA) is 127 Å². The number of nitrogens with zero attached hydrogens (tertiary/aromatic N) is 2. The predicted molar refractivity (Wildman–Crippen MR) is 158 cm³/mol. The summed E-state index contributed by atoms with van der Waals surface area (Å²) in [5.41, 5.74) is 15.1. The van der Waals surface area contributed by atoms with E-state index in [1.165, 1.54) is 12.6 Å². The average Bonchev–Trinajstić information content (AvgIpc) is 2.92. The summed E-state index contributed by atoms with van der Waals surface area (Å²) in [6.45, 7) is 8.89. The highest BCUT2D eigenvalue weighted by atomic mass is 19.1. The fraction of sp³-hybridized carbons (Fsp3) is 0.833. The molecule has 0 aromatic carbocycles. The average molecular weight is 549 g/mol. The number of nitrogens with one attached hydrogen (secondary N) is 2. The van der Waals surface area contributed by atoms with Gasteiger partial charge in [-0.2, -0.15) is 0 Å². The minimum absolute atomic E-state index is 0.117. The van der Waals surface area contributed by atoms with E-state index in [1.807, 2.05) is 0 Å². The van der Waals surface area contributed by atoms with Crippen LogP contribution in [0.1, 0.15) is 97.8 Å². The van der Waals surface area contributed by atoms with Crippen LogP contribution in [0.4, 0.5) is 4.39 Å². The molecule has 0 aliphatic carbocycles. The van der Waals surface area contributed by atoms with Crippen molar-refractivity contribution < 1.29 is 13.9 Å². The van der Waals surface area contributed by atoms with Gasteiger partial charge in [0.15, 0.2) is 0 Å². The van der Waals surface area contributed by atoms with Crippen LogP contribution < -0.4 is 22.1 Å². The van der Waals surface area contributed by atoms with Crippen molar-refractivity contribution in [3.05, 3.63) is 11.3 Å². The lowest BCUT2D eigenvalue weighted by molar-refractivity contribution is -0.126. The lowest BCUT2D eigenvalue weighted by Gasteiger charge is -2.37. The van der Waals surface area contributed by atoms with Gasteiger partial charge in [-0.1, -0.05) is 40.0 Å². The van der Waals surface area contributed by atoms with Crippen molar-refractivity contribution in [1.82, 2.24) is 10.6 Å². The molecule has 0 bridgehead atoms. The number of alkyl halides is 1. The zero-order valence-electron chi connectivity index (χ0n) is 24.5. The van der Waals surface area contributed by atoms with E-state index in [0.717, 1.165) is 75.7 Å². The van der Waals surface area contributed by atoms with Gasteiger partial charge in [0.05, 0.1) is 30.1 Å². The number of amides is 1. The minimum atomic E-state index is -1.15. The molecule has 1 amide bonds.